The van der Waals surface area contributed by atoms with Gasteiger partial charge in [-0.15, -0.1) is 6.58 Å². The van der Waals surface area contributed by atoms with E-state index in [1.54, 1.807) is 0 Å². The maximum absolute atomic E-state index is 9.85. The molecule has 58 valence electrons. The number of hydrogen-bond donors (Lipinski definition) is 0. The number of allylic oxidation sites excluding steroid dienone is 1. The number of hydrogen-bond acceptors (Lipinski definition) is 2. The van der Waals surface area contributed by atoms with Crippen LogP contribution in [0, 0.1) is 16.0 Å². The molecule has 0 N–H and O–H groups in total. The Morgan fingerprint density at radius 3 is 2.80 bits per heavy atom. The largest absolute Gasteiger partial charge is 0.265 e. The molecule has 0 spiro atoms. The van der Waals surface area contributed by atoms with Gasteiger partial charge in [-0.1, -0.05) is 13.0 Å². The summed E-state index contributed by atoms with van der Waals surface area (Å²) in [4.78, 5) is 9.57. The highest BCUT2D eigenvalue weighted by atomic mass is 16.6. The van der Waals surface area contributed by atoms with Crippen molar-refractivity contribution in [1.29, 1.82) is 0 Å². The van der Waals surface area contributed by atoms with E-state index in [9.17, 15) is 10.1 Å². The number of rotatable bonds is 5. The van der Waals surface area contributed by atoms with Crippen LogP contribution in [0.15, 0.2) is 12.7 Å². The molecule has 0 aliphatic carbocycles. The molecule has 0 heterocycles. The Labute approximate surface area is 60.9 Å². The smallest absolute Gasteiger partial charge is 0.203 e. The van der Waals surface area contributed by atoms with E-state index in [0.717, 1.165) is 6.42 Å². The minimum Gasteiger partial charge on any atom is -0.265 e. The second kappa shape index (κ2) is 4.97. The lowest BCUT2D eigenvalue weighted by atomic mass is 10.1. The molecule has 3 nitrogen and oxygen atoms in total. The summed E-state index contributed by atoms with van der Waals surface area (Å²) in [6.45, 7) is 5.68. The molecule has 0 rings (SSSR count). The summed E-state index contributed by atoms with van der Waals surface area (Å²) >= 11 is 0. The summed E-state index contributed by atoms with van der Waals surface area (Å²) in [5, 5.41) is 9.85. The van der Waals surface area contributed by atoms with Gasteiger partial charge in [0.25, 0.3) is 0 Å². The lowest BCUT2D eigenvalue weighted by Crippen LogP contribution is -2.02. The van der Waals surface area contributed by atoms with Crippen molar-refractivity contribution in [3.63, 3.8) is 0 Å². The Morgan fingerprint density at radius 2 is 2.40 bits per heavy atom. The van der Waals surface area contributed by atoms with E-state index >= 15 is 0 Å². The van der Waals surface area contributed by atoms with Crippen molar-refractivity contribution in [1.82, 2.24) is 0 Å². The summed E-state index contributed by atoms with van der Waals surface area (Å²) in [5.74, 6) is 0.403. The van der Waals surface area contributed by atoms with Crippen LogP contribution in [0.1, 0.15) is 19.8 Å². The fraction of sp³-hybridized carbons (Fsp3) is 0.714. The zero-order valence-corrected chi connectivity index (χ0v) is 6.25. The summed E-state index contributed by atoms with van der Waals surface area (Å²) in [7, 11) is 0. The Morgan fingerprint density at radius 1 is 1.80 bits per heavy atom. The molecular weight excluding hydrogens is 130 g/mol. The van der Waals surface area contributed by atoms with Crippen LogP contribution in [-0.4, -0.2) is 11.5 Å². The molecule has 0 fully saturated rings. The molecule has 0 aromatic carbocycles. The fourth-order valence-corrected chi connectivity index (χ4v) is 0.660. The van der Waals surface area contributed by atoms with Crippen LogP contribution < -0.4 is 0 Å². The summed E-state index contributed by atoms with van der Waals surface area (Å²) in [6, 6.07) is 0. The summed E-state index contributed by atoms with van der Waals surface area (Å²) in [5.41, 5.74) is 0. The Kier molecular flexibility index (Phi) is 4.54. The van der Waals surface area contributed by atoms with Crippen LogP contribution in [0.5, 0.6) is 0 Å². The van der Waals surface area contributed by atoms with Gasteiger partial charge in [0.05, 0.1) is 0 Å². The van der Waals surface area contributed by atoms with Gasteiger partial charge in [-0.3, -0.25) is 10.1 Å². The van der Waals surface area contributed by atoms with E-state index in [1.165, 1.54) is 0 Å². The quantitative estimate of drug-likeness (QED) is 0.335. The predicted octanol–water partition coefficient (Wildman–Crippen LogP) is 1.87. The maximum Gasteiger partial charge on any atom is 0.203 e. The minimum atomic E-state index is -0.282. The highest BCUT2D eigenvalue weighted by molar-refractivity contribution is 4.74. The molecule has 0 saturated heterocycles. The van der Waals surface area contributed by atoms with Gasteiger partial charge in [-0.2, -0.15) is 0 Å². The van der Waals surface area contributed by atoms with Gasteiger partial charge in [-0.25, -0.2) is 0 Å². The van der Waals surface area contributed by atoms with Crippen LogP contribution in [0.3, 0.4) is 0 Å². The predicted molar refractivity (Wildman–Crippen MR) is 40.5 cm³/mol. The highest BCUT2D eigenvalue weighted by Gasteiger charge is 1.99. The first-order valence-corrected chi connectivity index (χ1v) is 3.41. The molecule has 3 heteroatoms. The van der Waals surface area contributed by atoms with Crippen LogP contribution in [-0.2, 0) is 0 Å². The average molecular weight is 143 g/mol. The summed E-state index contributed by atoms with van der Waals surface area (Å²) in [6.07, 6.45) is 3.34. The van der Waals surface area contributed by atoms with Crippen molar-refractivity contribution in [2.24, 2.45) is 5.92 Å². The molecule has 0 amide bonds. The van der Waals surface area contributed by atoms with Crippen molar-refractivity contribution >= 4 is 0 Å². The summed E-state index contributed by atoms with van der Waals surface area (Å²) < 4.78 is 0. The van der Waals surface area contributed by atoms with Crippen LogP contribution in [0.2, 0.25) is 0 Å². The van der Waals surface area contributed by atoms with E-state index in [1.807, 2.05) is 13.0 Å². The maximum atomic E-state index is 9.85. The zero-order chi connectivity index (χ0) is 7.98. The van der Waals surface area contributed by atoms with Crippen molar-refractivity contribution in [3.8, 4) is 0 Å². The monoisotopic (exact) mass is 143 g/mol. The Balaban J connectivity index is 3.19. The molecule has 10 heavy (non-hydrogen) atoms. The van der Waals surface area contributed by atoms with E-state index < -0.39 is 0 Å². The van der Waals surface area contributed by atoms with Crippen LogP contribution in [0.25, 0.3) is 0 Å². The zero-order valence-electron chi connectivity index (χ0n) is 6.25. The molecular formula is C7H13NO2. The SMILES string of the molecule is C=CC(C)CCC[N+](=O)[O-]. The van der Waals surface area contributed by atoms with Crippen LogP contribution in [0.4, 0.5) is 0 Å². The molecule has 1 unspecified atom stereocenters. The van der Waals surface area contributed by atoms with Crippen molar-refractivity contribution in [3.05, 3.63) is 22.8 Å². The Bertz CT molecular complexity index is 123. The van der Waals surface area contributed by atoms with Crippen molar-refractivity contribution in [2.75, 3.05) is 6.54 Å². The third-order valence-electron chi connectivity index (χ3n) is 1.40. The fourth-order valence-electron chi connectivity index (χ4n) is 0.660. The van der Waals surface area contributed by atoms with Crippen LogP contribution >= 0.6 is 0 Å². The van der Waals surface area contributed by atoms with E-state index in [0.29, 0.717) is 12.3 Å². The first-order chi connectivity index (χ1) is 4.66. The molecule has 0 radical (unpaired) electrons. The molecule has 0 aliphatic rings. The standard InChI is InChI=1S/C7H13NO2/c1-3-7(2)5-4-6-8(9)10/h3,7H,1,4-6H2,2H3. The topological polar surface area (TPSA) is 43.1 Å². The molecule has 0 saturated carbocycles. The normalized spacial score (nSPS) is 12.5. The van der Waals surface area contributed by atoms with E-state index in [2.05, 4.69) is 6.58 Å². The van der Waals surface area contributed by atoms with Crippen molar-refractivity contribution in [2.45, 2.75) is 19.8 Å². The second-order valence-electron chi connectivity index (χ2n) is 2.41. The molecule has 0 bridgehead atoms. The van der Waals surface area contributed by atoms with E-state index in [-0.39, 0.29) is 11.5 Å². The van der Waals surface area contributed by atoms with Crippen molar-refractivity contribution < 1.29 is 4.92 Å². The van der Waals surface area contributed by atoms with Gasteiger partial charge in [0.15, 0.2) is 0 Å². The molecule has 0 aromatic rings. The van der Waals surface area contributed by atoms with Gasteiger partial charge in [0.2, 0.25) is 6.54 Å². The first kappa shape index (κ1) is 9.14. The average Bonchev–Trinajstić information content (AvgIpc) is 1.87. The number of nitrogens with zero attached hydrogens (tertiary/aromatic N) is 1. The first-order valence-electron chi connectivity index (χ1n) is 3.41. The Hall–Kier alpha value is -0.860. The van der Waals surface area contributed by atoms with Gasteiger partial charge in [0, 0.05) is 11.3 Å². The molecule has 0 aliphatic heterocycles. The lowest BCUT2D eigenvalue weighted by molar-refractivity contribution is -0.480. The molecule has 0 aromatic heterocycles. The van der Waals surface area contributed by atoms with Gasteiger partial charge >= 0.3 is 0 Å². The van der Waals surface area contributed by atoms with E-state index in [4.69, 9.17) is 0 Å². The van der Waals surface area contributed by atoms with Gasteiger partial charge in [0.1, 0.15) is 0 Å². The van der Waals surface area contributed by atoms with Gasteiger partial charge in [-0.05, 0) is 12.3 Å². The third-order valence-corrected chi connectivity index (χ3v) is 1.40. The van der Waals surface area contributed by atoms with Gasteiger partial charge < -0.3 is 0 Å². The third kappa shape index (κ3) is 5.28. The minimum absolute atomic E-state index is 0.0815. The second-order valence-corrected chi connectivity index (χ2v) is 2.41. The molecule has 1 atom stereocenters. The number of nitro groups is 1. The highest BCUT2D eigenvalue weighted by Crippen LogP contribution is 2.04. The lowest BCUT2D eigenvalue weighted by Gasteiger charge is -2.00.